The molecule has 9 heteroatoms. The number of benzene rings is 2. The van der Waals surface area contributed by atoms with Crippen molar-refractivity contribution in [1.82, 2.24) is 8.87 Å². The first kappa shape index (κ1) is 24.0. The van der Waals surface area contributed by atoms with Gasteiger partial charge < -0.3 is 9.30 Å². The summed E-state index contributed by atoms with van der Waals surface area (Å²) in [5.74, 6) is 0.679. The lowest BCUT2D eigenvalue weighted by Crippen LogP contribution is -2.38. The second kappa shape index (κ2) is 10.3. The number of sulfonamides is 1. The van der Waals surface area contributed by atoms with Crippen LogP contribution in [0.15, 0.2) is 53.6 Å². The van der Waals surface area contributed by atoms with Crippen molar-refractivity contribution in [3.8, 4) is 5.75 Å². The molecule has 0 amide bonds. The molecule has 0 radical (unpaired) electrons. The molecule has 0 aliphatic carbocycles. The van der Waals surface area contributed by atoms with Gasteiger partial charge in [-0.05, 0) is 68.7 Å². The lowest BCUT2D eigenvalue weighted by molar-refractivity contribution is -0.191. The van der Waals surface area contributed by atoms with E-state index >= 15 is 0 Å². The van der Waals surface area contributed by atoms with Crippen molar-refractivity contribution in [2.24, 2.45) is 0 Å². The fourth-order valence-electron chi connectivity index (χ4n) is 4.09. The second-order valence-corrected chi connectivity index (χ2v) is 9.88. The van der Waals surface area contributed by atoms with Crippen molar-refractivity contribution >= 4 is 38.7 Å². The van der Waals surface area contributed by atoms with E-state index in [1.165, 1.54) is 10.9 Å². The van der Waals surface area contributed by atoms with Gasteiger partial charge in [0, 0.05) is 35.7 Å². The highest BCUT2D eigenvalue weighted by Crippen LogP contribution is 2.33. The number of halogens is 1. The standard InChI is InChI=1S/C22H25ClN2O3S.CO2/c1-3-28-19-5-7-20(8-6-19)29(26,27)24-12-10-18(11-13-24)25-15-16(2)21-9-4-17(23)14-22(21)25;2-1-3/h4-9,14-15,18H,3,10-13H2,1-2H3;. The summed E-state index contributed by atoms with van der Waals surface area (Å²) in [6.07, 6.45) is 3.94. The van der Waals surface area contributed by atoms with E-state index in [-0.39, 0.29) is 12.2 Å². The second-order valence-electron chi connectivity index (χ2n) is 7.50. The summed E-state index contributed by atoms with van der Waals surface area (Å²) < 4.78 is 35.3. The van der Waals surface area contributed by atoms with E-state index in [4.69, 9.17) is 25.9 Å². The zero-order chi connectivity index (χ0) is 23.3. The minimum Gasteiger partial charge on any atom is -0.494 e. The van der Waals surface area contributed by atoms with Crippen molar-refractivity contribution < 1.29 is 22.7 Å². The van der Waals surface area contributed by atoms with Crippen LogP contribution in [0.2, 0.25) is 5.02 Å². The lowest BCUT2D eigenvalue weighted by atomic mass is 10.1. The maximum absolute atomic E-state index is 13.0. The number of ether oxygens (including phenoxy) is 1. The summed E-state index contributed by atoms with van der Waals surface area (Å²) in [6, 6.07) is 12.9. The third-order valence-corrected chi connectivity index (χ3v) is 7.73. The summed E-state index contributed by atoms with van der Waals surface area (Å²) in [5, 5.41) is 1.91. The fourth-order valence-corrected chi connectivity index (χ4v) is 5.72. The minimum atomic E-state index is -3.50. The Hall–Kier alpha value is -2.64. The Labute approximate surface area is 192 Å². The van der Waals surface area contributed by atoms with E-state index in [1.54, 1.807) is 28.6 Å². The molecule has 0 saturated carbocycles. The van der Waals surface area contributed by atoms with Gasteiger partial charge in [-0.2, -0.15) is 13.9 Å². The SMILES string of the molecule is CCOc1ccc(S(=O)(=O)N2CCC(n3cc(C)c4ccc(Cl)cc43)CC2)cc1.O=C=O. The van der Waals surface area contributed by atoms with Crippen molar-refractivity contribution in [3.05, 3.63) is 59.2 Å². The Bertz CT molecular complexity index is 1210. The largest absolute Gasteiger partial charge is 0.494 e. The molecule has 2 aromatic carbocycles. The predicted molar refractivity (Wildman–Crippen MR) is 121 cm³/mol. The number of carbonyl (C=O) groups excluding carboxylic acids is 2. The van der Waals surface area contributed by atoms with Crippen LogP contribution in [-0.4, -0.2) is 43.1 Å². The van der Waals surface area contributed by atoms with Crippen LogP contribution in [-0.2, 0) is 19.6 Å². The van der Waals surface area contributed by atoms with Crippen LogP contribution in [0.4, 0.5) is 0 Å². The normalized spacial score (nSPS) is 15.1. The van der Waals surface area contributed by atoms with Crippen molar-refractivity contribution in [3.63, 3.8) is 0 Å². The van der Waals surface area contributed by atoms with Gasteiger partial charge in [-0.25, -0.2) is 8.42 Å². The highest BCUT2D eigenvalue weighted by atomic mass is 35.5. The Morgan fingerprint density at radius 3 is 2.31 bits per heavy atom. The number of rotatable bonds is 5. The van der Waals surface area contributed by atoms with Crippen molar-refractivity contribution in [1.29, 1.82) is 0 Å². The third kappa shape index (κ3) is 5.05. The average Bonchev–Trinajstić information content (AvgIpc) is 3.10. The van der Waals surface area contributed by atoms with Gasteiger partial charge in [-0.15, -0.1) is 0 Å². The van der Waals surface area contributed by atoms with Gasteiger partial charge in [0.15, 0.2) is 0 Å². The molecule has 1 fully saturated rings. The first-order valence-corrected chi connectivity index (χ1v) is 12.1. The molecule has 0 atom stereocenters. The monoisotopic (exact) mass is 476 g/mol. The zero-order valence-electron chi connectivity index (χ0n) is 18.0. The number of aromatic nitrogens is 1. The van der Waals surface area contributed by atoms with E-state index in [0.29, 0.717) is 35.4 Å². The average molecular weight is 477 g/mol. The van der Waals surface area contributed by atoms with Gasteiger partial charge in [0.2, 0.25) is 10.0 Å². The third-order valence-electron chi connectivity index (χ3n) is 5.58. The Kier molecular flexibility index (Phi) is 7.74. The molecule has 2 heterocycles. The van der Waals surface area contributed by atoms with E-state index in [9.17, 15) is 8.42 Å². The molecule has 0 bridgehead atoms. The number of piperidine rings is 1. The number of aryl methyl sites for hydroxylation is 1. The van der Waals surface area contributed by atoms with Gasteiger partial charge in [-0.1, -0.05) is 17.7 Å². The summed E-state index contributed by atoms with van der Waals surface area (Å²) >= 11 is 6.21. The van der Waals surface area contributed by atoms with Crippen LogP contribution in [0.5, 0.6) is 5.75 Å². The molecule has 1 aliphatic rings. The van der Waals surface area contributed by atoms with Gasteiger partial charge in [0.1, 0.15) is 5.75 Å². The number of hydrogen-bond donors (Lipinski definition) is 0. The van der Waals surface area contributed by atoms with Crippen LogP contribution in [0.25, 0.3) is 10.9 Å². The predicted octanol–water partition coefficient (Wildman–Crippen LogP) is 4.44. The smallest absolute Gasteiger partial charge is 0.373 e. The van der Waals surface area contributed by atoms with Crippen LogP contribution >= 0.6 is 11.6 Å². The molecule has 4 rings (SSSR count). The fraction of sp³-hybridized carbons (Fsp3) is 0.348. The van der Waals surface area contributed by atoms with E-state index in [2.05, 4.69) is 23.8 Å². The molecule has 0 spiro atoms. The Morgan fingerprint density at radius 1 is 1.09 bits per heavy atom. The van der Waals surface area contributed by atoms with Crippen molar-refractivity contribution in [2.45, 2.75) is 37.6 Å². The summed E-state index contributed by atoms with van der Waals surface area (Å²) in [6.45, 7) is 5.55. The molecule has 0 N–H and O–H groups in total. The van der Waals surface area contributed by atoms with Crippen LogP contribution < -0.4 is 4.74 Å². The molecule has 170 valence electrons. The zero-order valence-corrected chi connectivity index (χ0v) is 19.5. The Balaban J connectivity index is 0.000000913. The highest BCUT2D eigenvalue weighted by Gasteiger charge is 2.30. The van der Waals surface area contributed by atoms with Crippen LogP contribution in [0, 0.1) is 6.92 Å². The topological polar surface area (TPSA) is 85.7 Å². The summed E-state index contributed by atoms with van der Waals surface area (Å²) in [4.78, 5) is 16.6. The molecule has 32 heavy (non-hydrogen) atoms. The quantitative estimate of drug-likeness (QED) is 0.543. The highest BCUT2D eigenvalue weighted by molar-refractivity contribution is 7.89. The van der Waals surface area contributed by atoms with Crippen LogP contribution in [0.1, 0.15) is 31.4 Å². The van der Waals surface area contributed by atoms with Gasteiger partial charge in [0.05, 0.1) is 17.0 Å². The number of hydrogen-bond acceptors (Lipinski definition) is 5. The molecular weight excluding hydrogens is 452 g/mol. The van der Waals surface area contributed by atoms with E-state index < -0.39 is 10.0 Å². The molecule has 1 aromatic heterocycles. The number of fused-ring (bicyclic) bond motifs is 1. The first-order valence-electron chi connectivity index (χ1n) is 10.3. The Morgan fingerprint density at radius 2 is 1.72 bits per heavy atom. The summed E-state index contributed by atoms with van der Waals surface area (Å²) in [7, 11) is -3.50. The minimum absolute atomic E-state index is 0.250. The molecule has 7 nitrogen and oxygen atoms in total. The van der Waals surface area contributed by atoms with Crippen molar-refractivity contribution in [2.75, 3.05) is 19.7 Å². The maximum atomic E-state index is 13.0. The molecule has 3 aromatic rings. The lowest BCUT2D eigenvalue weighted by Gasteiger charge is -2.32. The summed E-state index contributed by atoms with van der Waals surface area (Å²) in [5.41, 5.74) is 2.32. The van der Waals surface area contributed by atoms with E-state index in [1.807, 2.05) is 19.1 Å². The molecule has 1 saturated heterocycles. The molecule has 0 unspecified atom stereocenters. The van der Waals surface area contributed by atoms with Gasteiger partial charge >= 0.3 is 6.15 Å². The van der Waals surface area contributed by atoms with E-state index in [0.717, 1.165) is 18.4 Å². The molecule has 1 aliphatic heterocycles. The van der Waals surface area contributed by atoms with Gasteiger partial charge in [-0.3, -0.25) is 0 Å². The first-order chi connectivity index (χ1) is 15.3. The molecular formula is C23H25ClN2O5S. The van der Waals surface area contributed by atoms with Crippen LogP contribution in [0.3, 0.4) is 0 Å². The number of nitrogens with zero attached hydrogens (tertiary/aromatic N) is 2. The maximum Gasteiger partial charge on any atom is 0.373 e. The van der Waals surface area contributed by atoms with Gasteiger partial charge in [0.25, 0.3) is 0 Å².